The molecule has 0 saturated carbocycles. The molecule has 2 amide bonds. The highest BCUT2D eigenvalue weighted by Crippen LogP contribution is 2.26. The number of rotatable bonds is 2. The van der Waals surface area contributed by atoms with Crippen molar-refractivity contribution in [3.05, 3.63) is 29.1 Å². The maximum Gasteiger partial charge on any atom is 0.235 e. The Kier molecular flexibility index (Phi) is 3.45. The maximum absolute atomic E-state index is 11.8. The monoisotopic (exact) mass is 246 g/mol. The van der Waals surface area contributed by atoms with E-state index < -0.39 is 0 Å². The summed E-state index contributed by atoms with van der Waals surface area (Å²) in [6.45, 7) is 6.28. The zero-order valence-corrected chi connectivity index (χ0v) is 11.0. The Balaban J connectivity index is 2.27. The summed E-state index contributed by atoms with van der Waals surface area (Å²) < 4.78 is 0. The second-order valence-electron chi connectivity index (χ2n) is 5.12. The first-order valence-corrected chi connectivity index (χ1v) is 6.29. The second-order valence-corrected chi connectivity index (χ2v) is 5.12. The van der Waals surface area contributed by atoms with Crippen molar-refractivity contribution in [1.29, 1.82) is 0 Å². The summed E-state index contributed by atoms with van der Waals surface area (Å²) in [6.07, 6.45) is 2.79. The zero-order valence-electron chi connectivity index (χ0n) is 11.0. The minimum Gasteiger partial charge on any atom is -0.296 e. The van der Waals surface area contributed by atoms with Gasteiger partial charge in [0, 0.05) is 12.6 Å². The van der Waals surface area contributed by atoms with Gasteiger partial charge in [-0.1, -0.05) is 13.8 Å². The third kappa shape index (κ3) is 2.42. The molecule has 96 valence electrons. The van der Waals surface area contributed by atoms with Crippen molar-refractivity contribution >= 4 is 11.8 Å². The van der Waals surface area contributed by atoms with Crippen molar-refractivity contribution < 1.29 is 9.59 Å². The van der Waals surface area contributed by atoms with Crippen LogP contribution in [-0.2, 0) is 9.59 Å². The van der Waals surface area contributed by atoms with Crippen molar-refractivity contribution in [2.75, 3.05) is 0 Å². The summed E-state index contributed by atoms with van der Waals surface area (Å²) in [7, 11) is 0. The van der Waals surface area contributed by atoms with Crippen LogP contribution in [0.5, 0.6) is 0 Å². The van der Waals surface area contributed by atoms with Crippen LogP contribution in [-0.4, -0.2) is 16.8 Å². The van der Waals surface area contributed by atoms with Crippen molar-refractivity contribution in [3.63, 3.8) is 0 Å². The number of hydrogen-bond donors (Lipinski definition) is 1. The Morgan fingerprint density at radius 2 is 2.11 bits per heavy atom. The highest BCUT2D eigenvalue weighted by Gasteiger charge is 2.29. The fourth-order valence-corrected chi connectivity index (χ4v) is 2.36. The molecule has 1 N–H and O–H groups in total. The van der Waals surface area contributed by atoms with E-state index in [1.165, 1.54) is 5.56 Å². The van der Waals surface area contributed by atoms with Gasteiger partial charge in [0.05, 0.1) is 11.6 Å². The van der Waals surface area contributed by atoms with E-state index in [9.17, 15) is 9.59 Å². The molecule has 4 nitrogen and oxygen atoms in total. The molecule has 0 radical (unpaired) electrons. The number of carbonyl (C=O) groups excluding carboxylic acids is 2. The van der Waals surface area contributed by atoms with Crippen LogP contribution >= 0.6 is 0 Å². The van der Waals surface area contributed by atoms with Gasteiger partial charge < -0.3 is 0 Å². The molecule has 1 saturated heterocycles. The molecule has 0 aromatic carbocycles. The first-order chi connectivity index (χ1) is 8.49. The average molecular weight is 246 g/mol. The van der Waals surface area contributed by atoms with E-state index in [1.54, 1.807) is 0 Å². The summed E-state index contributed by atoms with van der Waals surface area (Å²) >= 11 is 0. The van der Waals surface area contributed by atoms with Crippen LogP contribution in [0.15, 0.2) is 12.3 Å². The van der Waals surface area contributed by atoms with E-state index in [0.717, 1.165) is 11.3 Å². The molecule has 0 aliphatic carbocycles. The van der Waals surface area contributed by atoms with Crippen LogP contribution in [0, 0.1) is 6.92 Å². The third-order valence-corrected chi connectivity index (χ3v) is 3.39. The van der Waals surface area contributed by atoms with Gasteiger partial charge in [0.15, 0.2) is 0 Å². The molecular weight excluding hydrogens is 228 g/mol. The molecule has 1 unspecified atom stereocenters. The van der Waals surface area contributed by atoms with Crippen LogP contribution in [0.4, 0.5) is 0 Å². The minimum atomic E-state index is -0.289. The molecule has 0 bridgehead atoms. The van der Waals surface area contributed by atoms with E-state index in [1.807, 2.05) is 19.2 Å². The highest BCUT2D eigenvalue weighted by molar-refractivity contribution is 6.00. The number of aromatic nitrogens is 1. The summed E-state index contributed by atoms with van der Waals surface area (Å²) in [5, 5.41) is 2.37. The normalized spacial score (nSPS) is 20.1. The van der Waals surface area contributed by atoms with E-state index >= 15 is 0 Å². The quantitative estimate of drug-likeness (QED) is 0.812. The molecule has 0 spiro atoms. The summed E-state index contributed by atoms with van der Waals surface area (Å²) in [5.74, 6) is -0.279. The summed E-state index contributed by atoms with van der Waals surface area (Å²) in [5.41, 5.74) is 3.12. The molecule has 1 aliphatic heterocycles. The second kappa shape index (κ2) is 4.88. The Morgan fingerprint density at radius 1 is 1.39 bits per heavy atom. The maximum atomic E-state index is 11.8. The molecule has 2 heterocycles. The topological polar surface area (TPSA) is 59.1 Å². The van der Waals surface area contributed by atoms with E-state index in [0.29, 0.717) is 18.8 Å². The Morgan fingerprint density at radius 3 is 2.67 bits per heavy atom. The highest BCUT2D eigenvalue weighted by atomic mass is 16.2. The SMILES string of the molecule is Cc1cc(C2CCC(=O)NC2=O)ncc1C(C)C. The van der Waals surface area contributed by atoms with Gasteiger partial charge in [-0.3, -0.25) is 19.9 Å². The molecule has 2 rings (SSSR count). The first kappa shape index (κ1) is 12.7. The summed E-state index contributed by atoms with van der Waals surface area (Å²) in [4.78, 5) is 27.3. The Bertz CT molecular complexity index is 495. The van der Waals surface area contributed by atoms with Crippen LogP contribution in [0.3, 0.4) is 0 Å². The van der Waals surface area contributed by atoms with Crippen molar-refractivity contribution in [2.45, 2.75) is 45.4 Å². The molecule has 4 heteroatoms. The predicted octanol–water partition coefficient (Wildman–Crippen LogP) is 2.03. The van der Waals surface area contributed by atoms with Crippen LogP contribution < -0.4 is 5.32 Å². The summed E-state index contributed by atoms with van der Waals surface area (Å²) in [6, 6.07) is 1.97. The number of pyridine rings is 1. The number of nitrogens with one attached hydrogen (secondary N) is 1. The van der Waals surface area contributed by atoms with Gasteiger partial charge in [-0.15, -0.1) is 0 Å². The molecule has 1 fully saturated rings. The van der Waals surface area contributed by atoms with Crippen molar-refractivity contribution in [3.8, 4) is 0 Å². The fraction of sp³-hybridized carbons (Fsp3) is 0.500. The largest absolute Gasteiger partial charge is 0.296 e. The number of hydrogen-bond acceptors (Lipinski definition) is 3. The van der Waals surface area contributed by atoms with E-state index in [4.69, 9.17) is 0 Å². The third-order valence-electron chi connectivity index (χ3n) is 3.39. The number of amides is 2. The number of imide groups is 1. The minimum absolute atomic E-state index is 0.188. The van der Waals surface area contributed by atoms with Crippen LogP contribution in [0.1, 0.15) is 55.3 Å². The van der Waals surface area contributed by atoms with E-state index in [-0.39, 0.29) is 17.7 Å². The molecule has 18 heavy (non-hydrogen) atoms. The van der Waals surface area contributed by atoms with Gasteiger partial charge in [0.2, 0.25) is 11.8 Å². The van der Waals surface area contributed by atoms with Gasteiger partial charge in [0.1, 0.15) is 0 Å². The lowest BCUT2D eigenvalue weighted by Gasteiger charge is -2.21. The number of carbonyl (C=O) groups is 2. The Hall–Kier alpha value is -1.71. The lowest BCUT2D eigenvalue weighted by Crippen LogP contribution is -2.39. The molecule has 1 aromatic rings. The van der Waals surface area contributed by atoms with Gasteiger partial charge in [-0.05, 0) is 36.5 Å². The van der Waals surface area contributed by atoms with Crippen LogP contribution in [0.2, 0.25) is 0 Å². The van der Waals surface area contributed by atoms with Crippen LogP contribution in [0.25, 0.3) is 0 Å². The lowest BCUT2D eigenvalue weighted by atomic mass is 9.91. The van der Waals surface area contributed by atoms with Gasteiger partial charge >= 0.3 is 0 Å². The molecule has 1 atom stereocenters. The number of aryl methyl sites for hydroxylation is 1. The lowest BCUT2D eigenvalue weighted by molar-refractivity contribution is -0.134. The average Bonchev–Trinajstić information content (AvgIpc) is 2.28. The molecular formula is C14H18N2O2. The van der Waals surface area contributed by atoms with Crippen molar-refractivity contribution in [1.82, 2.24) is 10.3 Å². The van der Waals surface area contributed by atoms with Gasteiger partial charge in [-0.25, -0.2) is 0 Å². The molecule has 1 aromatic heterocycles. The number of nitrogens with zero attached hydrogens (tertiary/aromatic N) is 1. The number of piperidine rings is 1. The zero-order chi connectivity index (χ0) is 13.3. The first-order valence-electron chi connectivity index (χ1n) is 6.29. The standard InChI is InChI=1S/C14H18N2O2/c1-8(2)11-7-15-12(6-9(11)3)10-4-5-13(17)16-14(10)18/h6-8,10H,4-5H2,1-3H3,(H,16,17,18). The molecule has 1 aliphatic rings. The fourth-order valence-electron chi connectivity index (χ4n) is 2.36. The predicted molar refractivity (Wildman–Crippen MR) is 68.2 cm³/mol. The van der Waals surface area contributed by atoms with Crippen molar-refractivity contribution in [2.24, 2.45) is 0 Å². The van der Waals surface area contributed by atoms with Gasteiger partial charge in [0.25, 0.3) is 0 Å². The Labute approximate surface area is 107 Å². The van der Waals surface area contributed by atoms with Gasteiger partial charge in [-0.2, -0.15) is 0 Å². The smallest absolute Gasteiger partial charge is 0.235 e. The van der Waals surface area contributed by atoms with E-state index in [2.05, 4.69) is 24.1 Å².